The number of aromatic nitrogens is 2. The van der Waals surface area contributed by atoms with E-state index >= 15 is 0 Å². The number of benzene rings is 1. The standard InChI is InChI=1S/C12H10N2S/c1-8-13-11-7-10(14-12(11)15-8)9-5-3-2-4-6-9/h2-7,14H,1H3. The maximum absolute atomic E-state index is 4.45. The van der Waals surface area contributed by atoms with Gasteiger partial charge < -0.3 is 4.98 Å². The SMILES string of the molecule is Cc1nc2cc(-c3ccccc3)[nH]c2s1. The van der Waals surface area contributed by atoms with Gasteiger partial charge in [-0.3, -0.25) is 0 Å². The molecule has 0 radical (unpaired) electrons. The smallest absolute Gasteiger partial charge is 0.121 e. The molecule has 0 aliphatic heterocycles. The van der Waals surface area contributed by atoms with Crippen molar-refractivity contribution in [2.45, 2.75) is 6.92 Å². The summed E-state index contributed by atoms with van der Waals surface area (Å²) in [5.41, 5.74) is 3.42. The van der Waals surface area contributed by atoms with Gasteiger partial charge in [0.05, 0.1) is 5.01 Å². The normalized spacial score (nSPS) is 11.0. The van der Waals surface area contributed by atoms with E-state index in [2.05, 4.69) is 28.2 Å². The van der Waals surface area contributed by atoms with E-state index in [9.17, 15) is 0 Å². The Morgan fingerprint density at radius 3 is 2.73 bits per heavy atom. The van der Waals surface area contributed by atoms with Gasteiger partial charge in [-0.15, -0.1) is 11.3 Å². The Morgan fingerprint density at radius 1 is 1.20 bits per heavy atom. The van der Waals surface area contributed by atoms with Crippen molar-refractivity contribution in [2.24, 2.45) is 0 Å². The second-order valence-corrected chi connectivity index (χ2v) is 4.70. The van der Waals surface area contributed by atoms with Crippen LogP contribution in [0.5, 0.6) is 0 Å². The van der Waals surface area contributed by atoms with E-state index in [1.807, 2.05) is 25.1 Å². The molecule has 0 saturated heterocycles. The van der Waals surface area contributed by atoms with Crippen LogP contribution < -0.4 is 0 Å². The van der Waals surface area contributed by atoms with Crippen LogP contribution in [-0.4, -0.2) is 9.97 Å². The van der Waals surface area contributed by atoms with Gasteiger partial charge in [-0.1, -0.05) is 30.3 Å². The van der Waals surface area contributed by atoms with E-state index in [0.717, 1.165) is 21.0 Å². The van der Waals surface area contributed by atoms with E-state index < -0.39 is 0 Å². The van der Waals surface area contributed by atoms with Gasteiger partial charge in [-0.25, -0.2) is 4.98 Å². The highest BCUT2D eigenvalue weighted by atomic mass is 32.1. The monoisotopic (exact) mass is 214 g/mol. The molecule has 1 aromatic carbocycles. The predicted octanol–water partition coefficient (Wildman–Crippen LogP) is 3.60. The third kappa shape index (κ3) is 1.45. The van der Waals surface area contributed by atoms with Gasteiger partial charge in [0.1, 0.15) is 10.3 Å². The summed E-state index contributed by atoms with van der Waals surface area (Å²) in [5.74, 6) is 0. The van der Waals surface area contributed by atoms with E-state index in [1.54, 1.807) is 11.3 Å². The highest BCUT2D eigenvalue weighted by Crippen LogP contribution is 2.27. The molecule has 2 heterocycles. The van der Waals surface area contributed by atoms with Gasteiger partial charge in [0.25, 0.3) is 0 Å². The molecule has 0 spiro atoms. The largest absolute Gasteiger partial charge is 0.345 e. The number of fused-ring (bicyclic) bond motifs is 1. The summed E-state index contributed by atoms with van der Waals surface area (Å²) in [6, 6.07) is 12.4. The van der Waals surface area contributed by atoms with Crippen molar-refractivity contribution >= 4 is 21.7 Å². The van der Waals surface area contributed by atoms with Crippen molar-refractivity contribution in [3.05, 3.63) is 41.4 Å². The Kier molecular flexibility index (Phi) is 1.86. The fourth-order valence-corrected chi connectivity index (χ4v) is 2.51. The first kappa shape index (κ1) is 8.68. The number of hydrogen-bond donors (Lipinski definition) is 1. The predicted molar refractivity (Wildman–Crippen MR) is 64.1 cm³/mol. The molecule has 0 atom stereocenters. The average molecular weight is 214 g/mol. The quantitative estimate of drug-likeness (QED) is 0.658. The van der Waals surface area contributed by atoms with Crippen molar-refractivity contribution < 1.29 is 0 Å². The number of rotatable bonds is 1. The summed E-state index contributed by atoms with van der Waals surface area (Å²) >= 11 is 1.70. The fraction of sp³-hybridized carbons (Fsp3) is 0.0833. The molecule has 2 nitrogen and oxygen atoms in total. The zero-order chi connectivity index (χ0) is 10.3. The lowest BCUT2D eigenvalue weighted by atomic mass is 10.2. The minimum atomic E-state index is 1.07. The summed E-state index contributed by atoms with van der Waals surface area (Å²) in [7, 11) is 0. The lowest BCUT2D eigenvalue weighted by Gasteiger charge is -1.95. The molecule has 0 fully saturated rings. The lowest BCUT2D eigenvalue weighted by Crippen LogP contribution is -1.74. The second-order valence-electron chi connectivity index (χ2n) is 3.50. The van der Waals surface area contributed by atoms with E-state index in [0.29, 0.717) is 0 Å². The lowest BCUT2D eigenvalue weighted by molar-refractivity contribution is 1.35. The molecule has 0 amide bonds. The van der Waals surface area contributed by atoms with Gasteiger partial charge in [0.2, 0.25) is 0 Å². The van der Waals surface area contributed by atoms with Crippen LogP contribution in [0.15, 0.2) is 36.4 Å². The maximum Gasteiger partial charge on any atom is 0.121 e. The first-order chi connectivity index (χ1) is 7.33. The zero-order valence-corrected chi connectivity index (χ0v) is 9.14. The Morgan fingerprint density at radius 2 is 2.00 bits per heavy atom. The average Bonchev–Trinajstić information content (AvgIpc) is 2.76. The van der Waals surface area contributed by atoms with Gasteiger partial charge in [0.15, 0.2) is 0 Å². The van der Waals surface area contributed by atoms with Crippen LogP contribution in [0.4, 0.5) is 0 Å². The molecule has 3 aromatic rings. The fourth-order valence-electron chi connectivity index (χ4n) is 1.70. The Hall–Kier alpha value is -1.61. The summed E-state index contributed by atoms with van der Waals surface area (Å²) in [5, 5.41) is 1.11. The van der Waals surface area contributed by atoms with E-state index in [1.165, 1.54) is 5.56 Å². The summed E-state index contributed by atoms with van der Waals surface area (Å²) in [6.45, 7) is 2.03. The number of nitrogens with zero attached hydrogens (tertiary/aromatic N) is 1. The van der Waals surface area contributed by atoms with Crippen LogP contribution in [-0.2, 0) is 0 Å². The van der Waals surface area contributed by atoms with Crippen molar-refractivity contribution in [1.29, 1.82) is 0 Å². The molecule has 0 unspecified atom stereocenters. The first-order valence-corrected chi connectivity index (χ1v) is 5.66. The van der Waals surface area contributed by atoms with Gasteiger partial charge in [-0.2, -0.15) is 0 Å². The van der Waals surface area contributed by atoms with Crippen LogP contribution in [0.3, 0.4) is 0 Å². The molecular weight excluding hydrogens is 204 g/mol. The van der Waals surface area contributed by atoms with Crippen molar-refractivity contribution in [3.63, 3.8) is 0 Å². The number of thiazole rings is 1. The highest BCUT2D eigenvalue weighted by molar-refractivity contribution is 7.18. The molecule has 0 saturated carbocycles. The number of nitrogens with one attached hydrogen (secondary N) is 1. The van der Waals surface area contributed by atoms with Crippen molar-refractivity contribution in [1.82, 2.24) is 9.97 Å². The van der Waals surface area contributed by atoms with Crippen LogP contribution >= 0.6 is 11.3 Å². The molecule has 1 N–H and O–H groups in total. The number of aromatic amines is 1. The van der Waals surface area contributed by atoms with Gasteiger partial charge in [0, 0.05) is 5.69 Å². The second kappa shape index (κ2) is 3.21. The topological polar surface area (TPSA) is 28.7 Å². The molecule has 3 heteroatoms. The number of hydrogen-bond acceptors (Lipinski definition) is 2. The zero-order valence-electron chi connectivity index (χ0n) is 8.32. The molecule has 3 rings (SSSR count). The third-order valence-corrected chi connectivity index (χ3v) is 3.28. The number of H-pyrrole nitrogens is 1. The Bertz CT molecular complexity index is 561. The van der Waals surface area contributed by atoms with Crippen molar-refractivity contribution in [3.8, 4) is 11.3 Å². The van der Waals surface area contributed by atoms with Crippen LogP contribution in [0.25, 0.3) is 21.6 Å². The molecular formula is C12H10N2S. The minimum Gasteiger partial charge on any atom is -0.345 e. The van der Waals surface area contributed by atoms with Crippen LogP contribution in [0.1, 0.15) is 5.01 Å². The van der Waals surface area contributed by atoms with Gasteiger partial charge in [-0.05, 0) is 18.6 Å². The third-order valence-electron chi connectivity index (χ3n) is 2.37. The van der Waals surface area contributed by atoms with Crippen molar-refractivity contribution in [2.75, 3.05) is 0 Å². The molecule has 2 aromatic heterocycles. The number of aryl methyl sites for hydroxylation is 1. The summed E-state index contributed by atoms with van der Waals surface area (Å²) in [6.07, 6.45) is 0. The van der Waals surface area contributed by atoms with Crippen LogP contribution in [0, 0.1) is 6.92 Å². The minimum absolute atomic E-state index is 1.07. The maximum atomic E-state index is 4.45. The molecule has 15 heavy (non-hydrogen) atoms. The summed E-state index contributed by atoms with van der Waals surface area (Å²) < 4.78 is 0. The molecule has 0 bridgehead atoms. The first-order valence-electron chi connectivity index (χ1n) is 4.84. The molecule has 0 aliphatic rings. The summed E-state index contributed by atoms with van der Waals surface area (Å²) in [4.78, 5) is 8.99. The highest BCUT2D eigenvalue weighted by Gasteiger charge is 2.06. The molecule has 0 aliphatic carbocycles. The van der Waals surface area contributed by atoms with E-state index in [4.69, 9.17) is 0 Å². The Labute approximate surface area is 91.6 Å². The molecule has 74 valence electrons. The Balaban J connectivity index is 2.16. The van der Waals surface area contributed by atoms with Crippen LogP contribution in [0.2, 0.25) is 0 Å². The van der Waals surface area contributed by atoms with E-state index in [-0.39, 0.29) is 0 Å². The van der Waals surface area contributed by atoms with Gasteiger partial charge >= 0.3 is 0 Å².